The molecular weight excluding hydrogens is 280 g/mol. The maximum absolute atomic E-state index is 12.3. The molecular formula is C13H17BrN2O. The SMILES string of the molecule is CC1CCCN(C(=O)c2ccc(N)c(Br)c2)C1. The van der Waals surface area contributed by atoms with Crippen molar-refractivity contribution in [2.24, 2.45) is 5.92 Å². The van der Waals surface area contributed by atoms with Gasteiger partial charge >= 0.3 is 0 Å². The third-order valence-electron chi connectivity index (χ3n) is 3.19. The van der Waals surface area contributed by atoms with Crippen LogP contribution in [0.1, 0.15) is 30.1 Å². The summed E-state index contributed by atoms with van der Waals surface area (Å²) in [5, 5.41) is 0. The van der Waals surface area contributed by atoms with E-state index in [4.69, 9.17) is 5.73 Å². The molecule has 0 bridgehead atoms. The Balaban J connectivity index is 2.15. The number of nitrogen functional groups attached to an aromatic ring is 1. The van der Waals surface area contributed by atoms with Gasteiger partial charge in [-0.2, -0.15) is 0 Å². The Kier molecular flexibility index (Phi) is 3.72. The van der Waals surface area contributed by atoms with Crippen LogP contribution in [-0.2, 0) is 0 Å². The zero-order valence-electron chi connectivity index (χ0n) is 9.95. The molecule has 2 N–H and O–H groups in total. The number of carbonyl (C=O) groups is 1. The van der Waals surface area contributed by atoms with Gasteiger partial charge in [0.2, 0.25) is 0 Å². The zero-order valence-corrected chi connectivity index (χ0v) is 11.5. The first-order valence-corrected chi connectivity index (χ1v) is 6.71. The number of amides is 1. The Morgan fingerprint density at radius 1 is 1.53 bits per heavy atom. The lowest BCUT2D eigenvalue weighted by atomic mass is 9.99. The van der Waals surface area contributed by atoms with Gasteiger partial charge in [0.25, 0.3) is 5.91 Å². The highest BCUT2D eigenvalue weighted by molar-refractivity contribution is 9.10. The summed E-state index contributed by atoms with van der Waals surface area (Å²) in [4.78, 5) is 14.2. The van der Waals surface area contributed by atoms with Crippen LogP contribution in [0.15, 0.2) is 22.7 Å². The molecule has 1 unspecified atom stereocenters. The summed E-state index contributed by atoms with van der Waals surface area (Å²) in [7, 11) is 0. The lowest BCUT2D eigenvalue weighted by Crippen LogP contribution is -2.39. The first-order chi connectivity index (χ1) is 8.08. The second-order valence-corrected chi connectivity index (χ2v) is 5.59. The molecule has 1 aromatic carbocycles. The maximum atomic E-state index is 12.3. The van der Waals surface area contributed by atoms with E-state index in [1.807, 2.05) is 4.90 Å². The smallest absolute Gasteiger partial charge is 0.253 e. The van der Waals surface area contributed by atoms with Crippen molar-refractivity contribution >= 4 is 27.5 Å². The highest BCUT2D eigenvalue weighted by Crippen LogP contribution is 2.23. The molecule has 1 saturated heterocycles. The number of nitrogens with two attached hydrogens (primary N) is 1. The van der Waals surface area contributed by atoms with Gasteiger partial charge in [0.15, 0.2) is 0 Å². The van der Waals surface area contributed by atoms with Gasteiger partial charge in [-0.3, -0.25) is 4.79 Å². The van der Waals surface area contributed by atoms with Crippen molar-refractivity contribution in [2.45, 2.75) is 19.8 Å². The number of nitrogens with zero attached hydrogens (tertiary/aromatic N) is 1. The number of piperidine rings is 1. The number of rotatable bonds is 1. The van der Waals surface area contributed by atoms with E-state index in [9.17, 15) is 4.79 Å². The van der Waals surface area contributed by atoms with Gasteiger partial charge < -0.3 is 10.6 Å². The lowest BCUT2D eigenvalue weighted by molar-refractivity contribution is 0.0683. The van der Waals surface area contributed by atoms with E-state index in [2.05, 4.69) is 22.9 Å². The second-order valence-electron chi connectivity index (χ2n) is 4.73. The molecule has 0 radical (unpaired) electrons. The van der Waals surface area contributed by atoms with E-state index in [1.54, 1.807) is 18.2 Å². The van der Waals surface area contributed by atoms with Gasteiger partial charge in [0.05, 0.1) is 0 Å². The van der Waals surface area contributed by atoms with Crippen LogP contribution in [0.4, 0.5) is 5.69 Å². The number of halogens is 1. The number of benzene rings is 1. The summed E-state index contributed by atoms with van der Waals surface area (Å²) in [5.74, 6) is 0.710. The normalized spacial score (nSPS) is 20.4. The van der Waals surface area contributed by atoms with Crippen LogP contribution >= 0.6 is 15.9 Å². The van der Waals surface area contributed by atoms with Gasteiger partial charge in [-0.25, -0.2) is 0 Å². The maximum Gasteiger partial charge on any atom is 0.253 e. The molecule has 17 heavy (non-hydrogen) atoms. The van der Waals surface area contributed by atoms with Gasteiger partial charge in [-0.15, -0.1) is 0 Å². The Morgan fingerprint density at radius 3 is 2.94 bits per heavy atom. The highest BCUT2D eigenvalue weighted by Gasteiger charge is 2.22. The van der Waals surface area contributed by atoms with Crippen molar-refractivity contribution < 1.29 is 4.79 Å². The average molecular weight is 297 g/mol. The van der Waals surface area contributed by atoms with Gasteiger partial charge in [-0.1, -0.05) is 6.92 Å². The molecule has 1 atom stereocenters. The monoisotopic (exact) mass is 296 g/mol. The van der Waals surface area contributed by atoms with Crippen molar-refractivity contribution in [2.75, 3.05) is 18.8 Å². The average Bonchev–Trinajstić information content (AvgIpc) is 2.32. The van der Waals surface area contributed by atoms with Gasteiger partial charge in [0.1, 0.15) is 0 Å². The number of carbonyl (C=O) groups excluding carboxylic acids is 1. The first-order valence-electron chi connectivity index (χ1n) is 5.92. The van der Waals surface area contributed by atoms with Crippen LogP contribution in [0.3, 0.4) is 0 Å². The zero-order chi connectivity index (χ0) is 12.4. The van der Waals surface area contributed by atoms with Crippen LogP contribution in [0.2, 0.25) is 0 Å². The molecule has 2 rings (SSSR count). The fourth-order valence-corrected chi connectivity index (χ4v) is 2.60. The number of hydrogen-bond donors (Lipinski definition) is 1. The number of hydrogen-bond acceptors (Lipinski definition) is 2. The number of anilines is 1. The summed E-state index contributed by atoms with van der Waals surface area (Å²) in [6, 6.07) is 5.36. The highest BCUT2D eigenvalue weighted by atomic mass is 79.9. The summed E-state index contributed by atoms with van der Waals surface area (Å²) < 4.78 is 0.786. The van der Waals surface area contributed by atoms with E-state index < -0.39 is 0 Å². The largest absolute Gasteiger partial charge is 0.398 e. The summed E-state index contributed by atoms with van der Waals surface area (Å²) in [5.41, 5.74) is 7.09. The Labute approximate surface area is 110 Å². The molecule has 1 aliphatic rings. The second kappa shape index (κ2) is 5.08. The van der Waals surface area contributed by atoms with E-state index in [0.717, 1.165) is 24.0 Å². The molecule has 1 amide bonds. The Morgan fingerprint density at radius 2 is 2.29 bits per heavy atom. The van der Waals surface area contributed by atoms with E-state index in [0.29, 0.717) is 17.2 Å². The van der Waals surface area contributed by atoms with Crippen LogP contribution < -0.4 is 5.73 Å². The molecule has 4 heteroatoms. The van der Waals surface area contributed by atoms with Crippen molar-refractivity contribution in [1.82, 2.24) is 4.90 Å². The van der Waals surface area contributed by atoms with E-state index in [-0.39, 0.29) is 5.91 Å². The molecule has 1 fully saturated rings. The van der Waals surface area contributed by atoms with E-state index >= 15 is 0 Å². The van der Waals surface area contributed by atoms with Crippen LogP contribution in [-0.4, -0.2) is 23.9 Å². The van der Waals surface area contributed by atoms with Crippen LogP contribution in [0.5, 0.6) is 0 Å². The molecule has 0 aliphatic carbocycles. The van der Waals surface area contributed by atoms with Crippen LogP contribution in [0.25, 0.3) is 0 Å². The fraction of sp³-hybridized carbons (Fsp3) is 0.462. The molecule has 1 heterocycles. The van der Waals surface area contributed by atoms with Crippen molar-refractivity contribution in [3.8, 4) is 0 Å². The predicted octanol–water partition coefficient (Wildman–Crippen LogP) is 2.90. The third-order valence-corrected chi connectivity index (χ3v) is 3.88. The molecule has 92 valence electrons. The van der Waals surface area contributed by atoms with Crippen LogP contribution in [0, 0.1) is 5.92 Å². The summed E-state index contributed by atoms with van der Waals surface area (Å²) in [6.07, 6.45) is 2.32. The molecule has 0 aromatic heterocycles. The Hall–Kier alpha value is -1.03. The van der Waals surface area contributed by atoms with Gasteiger partial charge in [-0.05, 0) is 52.9 Å². The molecule has 1 aliphatic heterocycles. The van der Waals surface area contributed by atoms with Crippen molar-refractivity contribution in [3.05, 3.63) is 28.2 Å². The molecule has 3 nitrogen and oxygen atoms in total. The minimum Gasteiger partial charge on any atom is -0.398 e. The third kappa shape index (κ3) is 2.80. The molecule has 0 spiro atoms. The summed E-state index contributed by atoms with van der Waals surface area (Å²) >= 11 is 3.35. The predicted molar refractivity (Wildman–Crippen MR) is 72.9 cm³/mol. The minimum absolute atomic E-state index is 0.109. The topological polar surface area (TPSA) is 46.3 Å². The quantitative estimate of drug-likeness (QED) is 0.810. The standard InChI is InChI=1S/C13H17BrN2O/c1-9-3-2-6-16(8-9)13(17)10-4-5-12(15)11(14)7-10/h4-5,7,9H,2-3,6,8,15H2,1H3. The number of likely N-dealkylation sites (tertiary alicyclic amines) is 1. The summed E-state index contributed by atoms with van der Waals surface area (Å²) in [6.45, 7) is 3.92. The Bertz CT molecular complexity index is 433. The molecule has 0 saturated carbocycles. The lowest BCUT2D eigenvalue weighted by Gasteiger charge is -2.31. The van der Waals surface area contributed by atoms with Gasteiger partial charge in [0, 0.05) is 28.8 Å². The van der Waals surface area contributed by atoms with Crippen molar-refractivity contribution in [3.63, 3.8) is 0 Å². The van der Waals surface area contributed by atoms with Crippen molar-refractivity contribution in [1.29, 1.82) is 0 Å². The fourth-order valence-electron chi connectivity index (χ4n) is 2.22. The minimum atomic E-state index is 0.109. The van der Waals surface area contributed by atoms with E-state index in [1.165, 1.54) is 6.42 Å². The molecule has 1 aromatic rings. The first kappa shape index (κ1) is 12.4.